The maximum Gasteiger partial charge on any atom is 0.255 e. The third-order valence-electron chi connectivity index (χ3n) is 3.83. The lowest BCUT2D eigenvalue weighted by atomic mass is 10.0. The summed E-state index contributed by atoms with van der Waals surface area (Å²) < 4.78 is 24.9. The smallest absolute Gasteiger partial charge is 0.255 e. The second-order valence-corrected chi connectivity index (χ2v) is 7.39. The first-order valence-electron chi connectivity index (χ1n) is 7.00. The normalized spacial score (nSPS) is 21.2. The van der Waals surface area contributed by atoms with Crippen molar-refractivity contribution in [2.75, 3.05) is 11.0 Å². The number of benzene rings is 1. The zero-order chi connectivity index (χ0) is 16.8. The van der Waals surface area contributed by atoms with Gasteiger partial charge in [0.15, 0.2) is 0 Å². The molecule has 2 N–H and O–H groups in total. The van der Waals surface area contributed by atoms with Crippen molar-refractivity contribution in [2.45, 2.75) is 25.4 Å². The van der Waals surface area contributed by atoms with Crippen molar-refractivity contribution in [3.05, 3.63) is 29.3 Å². The number of hydrogen-bond acceptors (Lipinski definition) is 5. The van der Waals surface area contributed by atoms with E-state index in [4.69, 9.17) is 0 Å². The number of hydrogen-bond donors (Lipinski definition) is 2. The van der Waals surface area contributed by atoms with Gasteiger partial charge in [-0.25, -0.2) is 8.42 Å². The molecule has 0 spiro atoms. The molecule has 0 radical (unpaired) electrons. The molecule has 23 heavy (non-hydrogen) atoms. The number of carbonyl (C=O) groups is 3. The molecule has 1 fully saturated rings. The summed E-state index contributed by atoms with van der Waals surface area (Å²) in [7, 11) is -3.41. The van der Waals surface area contributed by atoms with Gasteiger partial charge in [-0.05, 0) is 30.2 Å². The Hall–Kier alpha value is -2.42. The Labute approximate surface area is 132 Å². The van der Waals surface area contributed by atoms with Gasteiger partial charge in [0, 0.05) is 24.2 Å². The number of sulfonamides is 1. The van der Waals surface area contributed by atoms with E-state index in [1.54, 1.807) is 6.07 Å². The van der Waals surface area contributed by atoms with Crippen LogP contribution in [0.25, 0.3) is 0 Å². The van der Waals surface area contributed by atoms with E-state index in [1.807, 2.05) is 0 Å². The summed E-state index contributed by atoms with van der Waals surface area (Å²) in [5.41, 5.74) is 1.45. The van der Waals surface area contributed by atoms with E-state index in [1.165, 1.54) is 17.0 Å². The topological polar surface area (TPSA) is 113 Å². The number of amides is 3. The monoisotopic (exact) mass is 337 g/mol. The predicted octanol–water partition coefficient (Wildman–Crippen LogP) is -0.181. The summed E-state index contributed by atoms with van der Waals surface area (Å²) in [5, 5.41) is 2.23. The molecule has 3 amide bonds. The van der Waals surface area contributed by atoms with E-state index >= 15 is 0 Å². The van der Waals surface area contributed by atoms with Crippen LogP contribution in [0.2, 0.25) is 0 Å². The minimum absolute atomic E-state index is 0.192. The molecule has 1 atom stereocenters. The van der Waals surface area contributed by atoms with Crippen LogP contribution in [-0.4, -0.2) is 43.3 Å². The Morgan fingerprint density at radius 2 is 2.00 bits per heavy atom. The molecule has 8 nitrogen and oxygen atoms in total. The third-order valence-corrected chi connectivity index (χ3v) is 4.43. The standard InChI is InChI=1S/C14H15N3O5S/c1-23(21,22)16-9-2-3-10-8(6-9)7-17(14(10)20)11-4-5-12(18)15-13(11)19/h2-3,6,11,16H,4-5,7H2,1H3,(H,15,18,19). The summed E-state index contributed by atoms with van der Waals surface area (Å²) >= 11 is 0. The molecule has 9 heteroatoms. The van der Waals surface area contributed by atoms with E-state index in [0.717, 1.165) is 6.26 Å². The molecule has 1 aromatic carbocycles. The highest BCUT2D eigenvalue weighted by Gasteiger charge is 2.39. The van der Waals surface area contributed by atoms with Crippen LogP contribution in [0.15, 0.2) is 18.2 Å². The van der Waals surface area contributed by atoms with Gasteiger partial charge in [-0.1, -0.05) is 0 Å². The Morgan fingerprint density at radius 3 is 2.65 bits per heavy atom. The number of rotatable bonds is 3. The lowest BCUT2D eigenvalue weighted by Crippen LogP contribution is -2.52. The molecule has 3 rings (SSSR count). The number of anilines is 1. The molecule has 0 aliphatic carbocycles. The van der Waals surface area contributed by atoms with Crippen molar-refractivity contribution in [3.8, 4) is 0 Å². The first kappa shape index (κ1) is 15.5. The molecule has 1 saturated heterocycles. The van der Waals surface area contributed by atoms with Crippen molar-refractivity contribution >= 4 is 33.4 Å². The van der Waals surface area contributed by atoms with E-state index in [9.17, 15) is 22.8 Å². The molecule has 2 heterocycles. The molecule has 2 aliphatic heterocycles. The van der Waals surface area contributed by atoms with E-state index in [-0.39, 0.29) is 24.8 Å². The fourth-order valence-corrected chi connectivity index (χ4v) is 3.41. The van der Waals surface area contributed by atoms with E-state index in [0.29, 0.717) is 23.2 Å². The van der Waals surface area contributed by atoms with Crippen LogP contribution in [-0.2, 0) is 26.2 Å². The van der Waals surface area contributed by atoms with Gasteiger partial charge in [0.2, 0.25) is 21.8 Å². The van der Waals surface area contributed by atoms with Crippen LogP contribution >= 0.6 is 0 Å². The number of nitrogens with zero attached hydrogens (tertiary/aromatic N) is 1. The average molecular weight is 337 g/mol. The van der Waals surface area contributed by atoms with Crippen LogP contribution in [0.1, 0.15) is 28.8 Å². The second kappa shape index (κ2) is 5.34. The lowest BCUT2D eigenvalue weighted by molar-refractivity contribution is -0.136. The van der Waals surface area contributed by atoms with Crippen molar-refractivity contribution < 1.29 is 22.8 Å². The molecule has 1 unspecified atom stereocenters. The number of nitrogens with one attached hydrogen (secondary N) is 2. The van der Waals surface area contributed by atoms with Crippen LogP contribution in [0.3, 0.4) is 0 Å². The fraction of sp³-hybridized carbons (Fsp3) is 0.357. The van der Waals surface area contributed by atoms with Crippen molar-refractivity contribution in [1.82, 2.24) is 10.2 Å². The molecule has 0 saturated carbocycles. The van der Waals surface area contributed by atoms with Crippen LogP contribution in [0, 0.1) is 0 Å². The summed E-state index contributed by atoms with van der Waals surface area (Å²) in [6.45, 7) is 0.208. The van der Waals surface area contributed by atoms with Crippen LogP contribution in [0.4, 0.5) is 5.69 Å². The van der Waals surface area contributed by atoms with E-state index in [2.05, 4.69) is 10.0 Å². The Kier molecular flexibility index (Phi) is 3.59. The molecule has 0 aromatic heterocycles. The van der Waals surface area contributed by atoms with E-state index < -0.39 is 22.0 Å². The number of imide groups is 1. The molecular weight excluding hydrogens is 322 g/mol. The third kappa shape index (κ3) is 3.04. The summed E-state index contributed by atoms with van der Waals surface area (Å²) in [5.74, 6) is -1.10. The quantitative estimate of drug-likeness (QED) is 0.743. The van der Waals surface area contributed by atoms with Gasteiger partial charge in [0.05, 0.1) is 6.26 Å². The van der Waals surface area contributed by atoms with Crippen molar-refractivity contribution in [3.63, 3.8) is 0 Å². The van der Waals surface area contributed by atoms with Gasteiger partial charge in [-0.3, -0.25) is 24.4 Å². The fourth-order valence-electron chi connectivity index (χ4n) is 2.85. The highest BCUT2D eigenvalue weighted by Crippen LogP contribution is 2.29. The molecule has 1 aromatic rings. The molecule has 122 valence electrons. The van der Waals surface area contributed by atoms with Gasteiger partial charge in [0.25, 0.3) is 5.91 Å². The number of piperidine rings is 1. The highest BCUT2D eigenvalue weighted by molar-refractivity contribution is 7.92. The summed E-state index contributed by atoms with van der Waals surface area (Å²) in [4.78, 5) is 37.0. The summed E-state index contributed by atoms with van der Waals surface area (Å²) in [6.07, 6.45) is 1.53. The average Bonchev–Trinajstić information content (AvgIpc) is 2.74. The highest BCUT2D eigenvalue weighted by atomic mass is 32.2. The minimum Gasteiger partial charge on any atom is -0.322 e. The Morgan fingerprint density at radius 1 is 1.26 bits per heavy atom. The van der Waals surface area contributed by atoms with Crippen LogP contribution < -0.4 is 10.0 Å². The Balaban J connectivity index is 1.84. The number of carbonyl (C=O) groups excluding carboxylic acids is 3. The lowest BCUT2D eigenvalue weighted by Gasteiger charge is -2.29. The first-order valence-corrected chi connectivity index (χ1v) is 8.89. The summed E-state index contributed by atoms with van der Waals surface area (Å²) in [6, 6.07) is 3.95. The zero-order valence-electron chi connectivity index (χ0n) is 12.3. The van der Waals surface area contributed by atoms with Crippen LogP contribution in [0.5, 0.6) is 0 Å². The second-order valence-electron chi connectivity index (χ2n) is 5.65. The minimum atomic E-state index is -3.41. The predicted molar refractivity (Wildman–Crippen MR) is 81.0 cm³/mol. The van der Waals surface area contributed by atoms with Gasteiger partial charge in [-0.2, -0.15) is 0 Å². The molecular formula is C14H15N3O5S. The maximum atomic E-state index is 12.4. The first-order chi connectivity index (χ1) is 10.7. The van der Waals surface area contributed by atoms with Gasteiger partial charge < -0.3 is 4.90 Å². The molecule has 0 bridgehead atoms. The van der Waals surface area contributed by atoms with Gasteiger partial charge >= 0.3 is 0 Å². The maximum absolute atomic E-state index is 12.4. The zero-order valence-corrected chi connectivity index (χ0v) is 13.1. The van der Waals surface area contributed by atoms with Gasteiger partial charge in [-0.15, -0.1) is 0 Å². The Bertz CT molecular complexity index is 818. The SMILES string of the molecule is CS(=O)(=O)Nc1ccc2c(c1)CN(C1CCC(=O)NC1=O)C2=O. The largest absolute Gasteiger partial charge is 0.322 e. The van der Waals surface area contributed by atoms with Gasteiger partial charge in [0.1, 0.15) is 6.04 Å². The number of fused-ring (bicyclic) bond motifs is 1. The van der Waals surface area contributed by atoms with Crippen molar-refractivity contribution in [1.29, 1.82) is 0 Å². The van der Waals surface area contributed by atoms with Crippen molar-refractivity contribution in [2.24, 2.45) is 0 Å². The molecule has 2 aliphatic rings.